The highest BCUT2D eigenvalue weighted by atomic mass is 16.5. The second-order valence-corrected chi connectivity index (χ2v) is 7.99. The number of hydrogen-bond donors (Lipinski definition) is 1. The van der Waals surface area contributed by atoms with Gasteiger partial charge in [0.2, 0.25) is 5.91 Å². The van der Waals surface area contributed by atoms with Gasteiger partial charge in [0.25, 0.3) is 5.91 Å². The Balaban J connectivity index is 1.40. The first-order chi connectivity index (χ1) is 13.0. The number of carbonyl (C=O) groups excluding carboxylic acids is 2. The van der Waals surface area contributed by atoms with Crippen LogP contribution in [0.5, 0.6) is 5.75 Å². The minimum absolute atomic E-state index is 0.0332. The summed E-state index contributed by atoms with van der Waals surface area (Å²) >= 11 is 0. The smallest absolute Gasteiger partial charge is 0.258 e. The van der Waals surface area contributed by atoms with Crippen LogP contribution >= 0.6 is 0 Å². The van der Waals surface area contributed by atoms with Gasteiger partial charge in [0, 0.05) is 25.0 Å². The number of rotatable bonds is 5. The molecule has 1 heterocycles. The molecule has 1 aliphatic heterocycles. The normalized spacial score (nSPS) is 19.0. The summed E-state index contributed by atoms with van der Waals surface area (Å²) in [6.07, 6.45) is 7.38. The maximum absolute atomic E-state index is 12.6. The summed E-state index contributed by atoms with van der Waals surface area (Å²) in [7, 11) is 0. The van der Waals surface area contributed by atoms with Gasteiger partial charge in [-0.05, 0) is 56.7 Å². The van der Waals surface area contributed by atoms with Gasteiger partial charge >= 0.3 is 0 Å². The van der Waals surface area contributed by atoms with Crippen LogP contribution in [0.4, 0.5) is 0 Å². The lowest BCUT2D eigenvalue weighted by molar-refractivity contribution is -0.137. The van der Waals surface area contributed by atoms with Crippen molar-refractivity contribution in [2.24, 2.45) is 5.92 Å². The third-order valence-corrected chi connectivity index (χ3v) is 6.04. The number of hydrogen-bond acceptors (Lipinski definition) is 3. The van der Waals surface area contributed by atoms with E-state index in [0.717, 1.165) is 55.6 Å². The Morgan fingerprint density at radius 2 is 1.78 bits per heavy atom. The SMILES string of the molecule is Cc1cccc(OCC(=O)NC2CCN(C(=O)C3CCCCC3)CC2)c1C. The minimum Gasteiger partial charge on any atom is -0.483 e. The van der Waals surface area contributed by atoms with Crippen molar-refractivity contribution in [2.75, 3.05) is 19.7 Å². The molecule has 0 radical (unpaired) electrons. The van der Waals surface area contributed by atoms with E-state index in [0.29, 0.717) is 5.91 Å². The van der Waals surface area contributed by atoms with E-state index >= 15 is 0 Å². The average Bonchev–Trinajstić information content (AvgIpc) is 2.70. The molecule has 1 aromatic rings. The number of nitrogens with zero attached hydrogens (tertiary/aromatic N) is 1. The van der Waals surface area contributed by atoms with Crippen LogP contribution in [-0.2, 0) is 9.59 Å². The van der Waals surface area contributed by atoms with E-state index in [4.69, 9.17) is 4.74 Å². The van der Waals surface area contributed by atoms with Crippen molar-refractivity contribution in [1.29, 1.82) is 0 Å². The van der Waals surface area contributed by atoms with Crippen LogP contribution in [0, 0.1) is 19.8 Å². The number of piperidine rings is 1. The molecule has 2 fully saturated rings. The van der Waals surface area contributed by atoms with E-state index in [9.17, 15) is 9.59 Å². The van der Waals surface area contributed by atoms with Gasteiger partial charge in [-0.25, -0.2) is 0 Å². The van der Waals surface area contributed by atoms with Crippen LogP contribution in [0.2, 0.25) is 0 Å². The van der Waals surface area contributed by atoms with Gasteiger partial charge in [0.15, 0.2) is 6.61 Å². The van der Waals surface area contributed by atoms with Crippen LogP contribution in [0.3, 0.4) is 0 Å². The Bertz CT molecular complexity index is 660. The fourth-order valence-corrected chi connectivity index (χ4v) is 4.15. The van der Waals surface area contributed by atoms with Gasteiger partial charge < -0.3 is 15.0 Å². The number of likely N-dealkylation sites (tertiary alicyclic amines) is 1. The molecule has 0 bridgehead atoms. The van der Waals surface area contributed by atoms with Crippen molar-refractivity contribution in [2.45, 2.75) is 64.8 Å². The zero-order chi connectivity index (χ0) is 19.2. The Kier molecular flexibility index (Phi) is 6.75. The molecule has 5 heteroatoms. The van der Waals surface area contributed by atoms with Crippen LogP contribution in [0.1, 0.15) is 56.1 Å². The Morgan fingerprint density at radius 3 is 2.48 bits per heavy atom. The highest BCUT2D eigenvalue weighted by Gasteiger charge is 2.29. The first kappa shape index (κ1) is 19.7. The molecular weight excluding hydrogens is 340 g/mol. The fraction of sp³-hybridized carbons (Fsp3) is 0.636. The standard InChI is InChI=1S/C22H32N2O3/c1-16-7-6-10-20(17(16)2)27-15-21(25)23-19-11-13-24(14-12-19)22(26)18-8-4-3-5-9-18/h6-7,10,18-19H,3-5,8-9,11-15H2,1-2H3,(H,23,25). The molecule has 3 rings (SSSR count). The van der Waals surface area contributed by atoms with Crippen LogP contribution in [0.25, 0.3) is 0 Å². The van der Waals surface area contributed by atoms with Crippen molar-refractivity contribution in [1.82, 2.24) is 10.2 Å². The monoisotopic (exact) mass is 372 g/mol. The van der Waals surface area contributed by atoms with Crippen LogP contribution in [0.15, 0.2) is 18.2 Å². The lowest BCUT2D eigenvalue weighted by Gasteiger charge is -2.35. The van der Waals surface area contributed by atoms with E-state index in [1.54, 1.807) is 0 Å². The van der Waals surface area contributed by atoms with Crippen molar-refractivity contribution < 1.29 is 14.3 Å². The third-order valence-electron chi connectivity index (χ3n) is 6.04. The van der Waals surface area contributed by atoms with Gasteiger partial charge in [-0.2, -0.15) is 0 Å². The lowest BCUT2D eigenvalue weighted by atomic mass is 9.87. The molecule has 1 aromatic carbocycles. The predicted octanol–water partition coefficient (Wildman–Crippen LogP) is 3.37. The van der Waals surface area contributed by atoms with Crippen LogP contribution < -0.4 is 10.1 Å². The zero-order valence-electron chi connectivity index (χ0n) is 16.6. The number of ether oxygens (including phenoxy) is 1. The van der Waals surface area contributed by atoms with E-state index in [1.807, 2.05) is 36.9 Å². The summed E-state index contributed by atoms with van der Waals surface area (Å²) < 4.78 is 5.68. The van der Waals surface area contributed by atoms with Crippen molar-refractivity contribution in [3.05, 3.63) is 29.3 Å². The number of aryl methyl sites for hydroxylation is 1. The lowest BCUT2D eigenvalue weighted by Crippen LogP contribution is -2.49. The third kappa shape index (κ3) is 5.24. The molecule has 148 valence electrons. The Morgan fingerprint density at radius 1 is 1.07 bits per heavy atom. The number of benzene rings is 1. The van der Waals surface area contributed by atoms with Crippen LogP contribution in [-0.4, -0.2) is 42.5 Å². The topological polar surface area (TPSA) is 58.6 Å². The highest BCUT2D eigenvalue weighted by molar-refractivity contribution is 5.79. The molecule has 5 nitrogen and oxygen atoms in total. The van der Waals surface area contributed by atoms with E-state index < -0.39 is 0 Å². The minimum atomic E-state index is -0.0898. The molecule has 1 aliphatic carbocycles. The molecule has 0 spiro atoms. The maximum Gasteiger partial charge on any atom is 0.258 e. The van der Waals surface area contributed by atoms with E-state index in [-0.39, 0.29) is 24.5 Å². The number of nitrogens with one attached hydrogen (secondary N) is 1. The van der Waals surface area contributed by atoms with Gasteiger partial charge in [0.05, 0.1) is 0 Å². The maximum atomic E-state index is 12.6. The molecule has 1 saturated carbocycles. The highest BCUT2D eigenvalue weighted by Crippen LogP contribution is 2.26. The van der Waals surface area contributed by atoms with Gasteiger partial charge in [-0.3, -0.25) is 9.59 Å². The predicted molar refractivity (Wildman–Crippen MR) is 106 cm³/mol. The van der Waals surface area contributed by atoms with Crippen molar-refractivity contribution in [3.8, 4) is 5.75 Å². The first-order valence-electron chi connectivity index (χ1n) is 10.3. The molecule has 1 saturated heterocycles. The van der Waals surface area contributed by atoms with E-state index in [1.165, 1.54) is 19.3 Å². The van der Waals surface area contributed by atoms with Gasteiger partial charge in [0.1, 0.15) is 5.75 Å². The summed E-state index contributed by atoms with van der Waals surface area (Å²) in [6, 6.07) is 6.00. The molecular formula is C22H32N2O3. The number of amides is 2. The second-order valence-electron chi connectivity index (χ2n) is 7.99. The first-order valence-corrected chi connectivity index (χ1v) is 10.3. The molecule has 0 unspecified atom stereocenters. The fourth-order valence-electron chi connectivity index (χ4n) is 4.15. The van der Waals surface area contributed by atoms with Gasteiger partial charge in [-0.15, -0.1) is 0 Å². The summed E-state index contributed by atoms with van der Waals surface area (Å²) in [4.78, 5) is 26.9. The summed E-state index contributed by atoms with van der Waals surface area (Å²) in [5.74, 6) is 1.24. The van der Waals surface area contributed by atoms with Crippen molar-refractivity contribution >= 4 is 11.8 Å². The Labute approximate surface area is 162 Å². The molecule has 2 aliphatic rings. The zero-order valence-corrected chi connectivity index (χ0v) is 16.6. The van der Waals surface area contributed by atoms with Crippen molar-refractivity contribution in [3.63, 3.8) is 0 Å². The Hall–Kier alpha value is -2.04. The summed E-state index contributed by atoms with van der Waals surface area (Å²) in [6.45, 7) is 5.56. The quantitative estimate of drug-likeness (QED) is 0.862. The molecule has 1 N–H and O–H groups in total. The molecule has 2 amide bonds. The van der Waals surface area contributed by atoms with Gasteiger partial charge in [-0.1, -0.05) is 31.4 Å². The molecule has 0 atom stereocenters. The molecule has 0 aromatic heterocycles. The average molecular weight is 373 g/mol. The molecule has 27 heavy (non-hydrogen) atoms. The summed E-state index contributed by atoms with van der Waals surface area (Å²) in [5, 5.41) is 3.06. The second kappa shape index (κ2) is 9.25. The number of carbonyl (C=O) groups is 2. The largest absolute Gasteiger partial charge is 0.483 e. The summed E-state index contributed by atoms with van der Waals surface area (Å²) in [5.41, 5.74) is 2.22. The van der Waals surface area contributed by atoms with E-state index in [2.05, 4.69) is 5.32 Å².